The summed E-state index contributed by atoms with van der Waals surface area (Å²) < 4.78 is 0. The number of fused-ring (bicyclic) bond motifs is 1. The number of hydrogen-bond acceptors (Lipinski definition) is 9. The van der Waals surface area contributed by atoms with Crippen LogP contribution in [0.3, 0.4) is 0 Å². The lowest BCUT2D eigenvalue weighted by Crippen LogP contribution is -2.32. The fourth-order valence-corrected chi connectivity index (χ4v) is 2.92. The van der Waals surface area contributed by atoms with Crippen molar-refractivity contribution in [2.45, 2.75) is 13.0 Å². The number of pyridine rings is 1. The fourth-order valence-electron chi connectivity index (χ4n) is 2.92. The highest BCUT2D eigenvalue weighted by Crippen LogP contribution is 2.40. The molecular formula is C18H19N9. The predicted octanol–water partition coefficient (Wildman–Crippen LogP) is 1.52. The van der Waals surface area contributed by atoms with Gasteiger partial charge in [0, 0.05) is 24.8 Å². The van der Waals surface area contributed by atoms with Crippen molar-refractivity contribution >= 4 is 29.0 Å². The van der Waals surface area contributed by atoms with E-state index in [4.69, 9.17) is 16.7 Å². The number of nitrogens with two attached hydrogens (primary N) is 2. The van der Waals surface area contributed by atoms with E-state index < -0.39 is 6.04 Å². The number of aliphatic imine (C=N–C) groups is 1. The molecule has 136 valence electrons. The largest absolute Gasteiger partial charge is 0.397 e. The highest BCUT2D eigenvalue weighted by atomic mass is 15.2. The molecule has 1 aliphatic heterocycles. The van der Waals surface area contributed by atoms with Gasteiger partial charge in [0.05, 0.1) is 5.69 Å². The number of rotatable bonds is 3. The van der Waals surface area contributed by atoms with Gasteiger partial charge in [-0.15, -0.1) is 0 Å². The smallest absolute Gasteiger partial charge is 0.211 e. The molecule has 27 heavy (non-hydrogen) atoms. The van der Waals surface area contributed by atoms with Crippen LogP contribution in [0.4, 0.5) is 23.0 Å². The Labute approximate surface area is 156 Å². The lowest BCUT2D eigenvalue weighted by atomic mass is 9.95. The van der Waals surface area contributed by atoms with Crippen molar-refractivity contribution in [3.8, 4) is 12.3 Å². The molecule has 9 nitrogen and oxygen atoms in total. The Morgan fingerprint density at radius 1 is 1.26 bits per heavy atom. The molecule has 0 fully saturated rings. The molecular weight excluding hydrogens is 342 g/mol. The van der Waals surface area contributed by atoms with Gasteiger partial charge in [0.15, 0.2) is 6.19 Å². The van der Waals surface area contributed by atoms with Crippen molar-refractivity contribution in [3.05, 3.63) is 41.0 Å². The molecule has 1 atom stereocenters. The highest BCUT2D eigenvalue weighted by molar-refractivity contribution is 5.98. The molecule has 3 rings (SSSR count). The number of benzene rings is 1. The van der Waals surface area contributed by atoms with Crippen LogP contribution in [0, 0.1) is 22.8 Å². The minimum absolute atomic E-state index is 0.0260. The van der Waals surface area contributed by atoms with Crippen molar-refractivity contribution < 1.29 is 0 Å². The van der Waals surface area contributed by atoms with Gasteiger partial charge in [-0.25, -0.2) is 9.98 Å². The van der Waals surface area contributed by atoms with Crippen LogP contribution >= 0.6 is 0 Å². The SMILES string of the molecule is CCN(C)c1ccc(C2N=C(NC#N)Nc3nc(N)c(C#N)c(N)c32)cc1. The van der Waals surface area contributed by atoms with Crippen LogP contribution in [0.25, 0.3) is 0 Å². The van der Waals surface area contributed by atoms with Crippen molar-refractivity contribution in [3.63, 3.8) is 0 Å². The second kappa shape index (κ2) is 7.10. The molecule has 0 saturated heterocycles. The molecule has 0 amide bonds. The van der Waals surface area contributed by atoms with Gasteiger partial charge in [0.25, 0.3) is 0 Å². The average Bonchev–Trinajstić information content (AvgIpc) is 2.67. The van der Waals surface area contributed by atoms with E-state index in [0.29, 0.717) is 11.4 Å². The maximum absolute atomic E-state index is 9.35. The molecule has 1 unspecified atom stereocenters. The third-order valence-electron chi connectivity index (χ3n) is 4.48. The van der Waals surface area contributed by atoms with E-state index in [0.717, 1.165) is 17.8 Å². The van der Waals surface area contributed by atoms with Gasteiger partial charge in [-0.2, -0.15) is 10.5 Å². The van der Waals surface area contributed by atoms with Gasteiger partial charge in [-0.3, -0.25) is 5.32 Å². The van der Waals surface area contributed by atoms with Crippen LogP contribution in [0.2, 0.25) is 0 Å². The zero-order valence-electron chi connectivity index (χ0n) is 15.0. The number of nitrogens with one attached hydrogen (secondary N) is 2. The summed E-state index contributed by atoms with van der Waals surface area (Å²) in [6.45, 7) is 2.95. The molecule has 1 aromatic carbocycles. The van der Waals surface area contributed by atoms with Gasteiger partial charge < -0.3 is 21.7 Å². The van der Waals surface area contributed by atoms with Crippen molar-refractivity contribution in [1.29, 1.82) is 10.5 Å². The fraction of sp³-hybridized carbons (Fsp3) is 0.222. The predicted molar refractivity (Wildman–Crippen MR) is 105 cm³/mol. The second-order valence-corrected chi connectivity index (χ2v) is 6.01. The average molecular weight is 361 g/mol. The molecule has 1 aliphatic rings. The van der Waals surface area contributed by atoms with Crippen LogP contribution in [-0.4, -0.2) is 24.5 Å². The molecule has 2 aromatic rings. The summed E-state index contributed by atoms with van der Waals surface area (Å²) in [5, 5.41) is 23.7. The molecule has 0 radical (unpaired) electrons. The quantitative estimate of drug-likeness (QED) is 0.474. The van der Waals surface area contributed by atoms with E-state index in [1.165, 1.54) is 0 Å². The normalized spacial score (nSPS) is 14.8. The summed E-state index contributed by atoms with van der Waals surface area (Å²) in [4.78, 5) is 10.9. The zero-order chi connectivity index (χ0) is 19.6. The summed E-state index contributed by atoms with van der Waals surface area (Å²) in [6, 6.07) is 9.31. The summed E-state index contributed by atoms with van der Waals surface area (Å²) in [5.41, 5.74) is 14.9. The van der Waals surface area contributed by atoms with E-state index in [2.05, 4.69) is 32.4 Å². The first-order valence-electron chi connectivity index (χ1n) is 8.30. The van der Waals surface area contributed by atoms with Crippen LogP contribution in [0.15, 0.2) is 29.3 Å². The number of anilines is 4. The lowest BCUT2D eigenvalue weighted by molar-refractivity contribution is 0.845. The topological polar surface area (TPSA) is 152 Å². The number of guanidine groups is 1. The van der Waals surface area contributed by atoms with E-state index in [1.54, 1.807) is 0 Å². The van der Waals surface area contributed by atoms with E-state index >= 15 is 0 Å². The van der Waals surface area contributed by atoms with Gasteiger partial charge in [0.1, 0.15) is 29.3 Å². The number of nitriles is 2. The summed E-state index contributed by atoms with van der Waals surface area (Å²) in [7, 11) is 2.01. The van der Waals surface area contributed by atoms with Crippen molar-refractivity contribution in [1.82, 2.24) is 10.3 Å². The van der Waals surface area contributed by atoms with Crippen molar-refractivity contribution in [2.24, 2.45) is 4.99 Å². The maximum atomic E-state index is 9.35. The first-order chi connectivity index (χ1) is 13.0. The van der Waals surface area contributed by atoms with E-state index in [1.807, 2.05) is 43.6 Å². The van der Waals surface area contributed by atoms with Gasteiger partial charge in [-0.05, 0) is 24.6 Å². The number of nitrogens with zero attached hydrogens (tertiary/aromatic N) is 5. The van der Waals surface area contributed by atoms with Gasteiger partial charge >= 0.3 is 0 Å². The van der Waals surface area contributed by atoms with E-state index in [-0.39, 0.29) is 23.0 Å². The Morgan fingerprint density at radius 3 is 2.56 bits per heavy atom. The Hall–Kier alpha value is -3.98. The first-order valence-corrected chi connectivity index (χ1v) is 8.30. The van der Waals surface area contributed by atoms with Crippen molar-refractivity contribution in [2.75, 3.05) is 35.3 Å². The third-order valence-corrected chi connectivity index (χ3v) is 4.48. The number of nitrogen functional groups attached to an aromatic ring is 2. The molecule has 2 heterocycles. The third kappa shape index (κ3) is 3.14. The second-order valence-electron chi connectivity index (χ2n) is 6.01. The Morgan fingerprint density at radius 2 is 1.96 bits per heavy atom. The first kappa shape index (κ1) is 17.8. The molecule has 0 saturated carbocycles. The monoisotopic (exact) mass is 361 g/mol. The molecule has 0 bridgehead atoms. The minimum Gasteiger partial charge on any atom is -0.397 e. The molecule has 6 N–H and O–H groups in total. The molecule has 9 heteroatoms. The standard InChI is InChI=1S/C18H19N9/c1-3-27(2)11-6-4-10(5-7-11)15-13-14(21)12(8-19)16(22)25-17(13)26-18(24-15)23-9-20/h4-7,15H,3H2,1-2H3,(H6,21,22,23,24,25,26). The lowest BCUT2D eigenvalue weighted by Gasteiger charge is -2.26. The molecule has 0 aliphatic carbocycles. The Bertz CT molecular complexity index is 980. The molecule has 1 aromatic heterocycles. The Kier molecular flexibility index (Phi) is 4.69. The van der Waals surface area contributed by atoms with Crippen LogP contribution in [0.5, 0.6) is 0 Å². The summed E-state index contributed by atoms with van der Waals surface area (Å²) in [6.07, 6.45) is 1.83. The van der Waals surface area contributed by atoms with Crippen LogP contribution < -0.4 is 27.0 Å². The van der Waals surface area contributed by atoms with E-state index in [9.17, 15) is 5.26 Å². The Balaban J connectivity index is 2.14. The van der Waals surface area contributed by atoms with Crippen LogP contribution in [-0.2, 0) is 0 Å². The van der Waals surface area contributed by atoms with Gasteiger partial charge in [-0.1, -0.05) is 12.1 Å². The number of hydrogen-bond donors (Lipinski definition) is 4. The number of aromatic nitrogens is 1. The highest BCUT2D eigenvalue weighted by Gasteiger charge is 2.29. The van der Waals surface area contributed by atoms with Gasteiger partial charge in [0.2, 0.25) is 5.96 Å². The van der Waals surface area contributed by atoms with Crippen LogP contribution in [0.1, 0.15) is 29.7 Å². The zero-order valence-corrected chi connectivity index (χ0v) is 15.0. The molecule has 0 spiro atoms. The summed E-state index contributed by atoms with van der Waals surface area (Å²) in [5.74, 6) is 0.635. The maximum Gasteiger partial charge on any atom is 0.211 e. The minimum atomic E-state index is -0.529. The summed E-state index contributed by atoms with van der Waals surface area (Å²) >= 11 is 0.